The van der Waals surface area contributed by atoms with Crippen LogP contribution in [0.5, 0.6) is 0 Å². The van der Waals surface area contributed by atoms with E-state index >= 15 is 0 Å². The molecule has 5 rings (SSSR count). The zero-order chi connectivity index (χ0) is 30.7. The molecule has 0 aliphatic carbocycles. The maximum absolute atomic E-state index is 11.9. The quantitative estimate of drug-likeness (QED) is 0.193. The Hall–Kier alpha value is -4.08. The topological polar surface area (TPSA) is 96.0 Å². The number of ether oxygens (including phenoxy) is 2. The van der Waals surface area contributed by atoms with Crippen molar-refractivity contribution < 1.29 is 19.4 Å². The van der Waals surface area contributed by atoms with Crippen LogP contribution >= 0.6 is 0 Å². The molecule has 1 saturated heterocycles. The van der Waals surface area contributed by atoms with Crippen LogP contribution in [0.2, 0.25) is 0 Å². The Balaban J connectivity index is 1.33. The number of nitrogens with zero attached hydrogens (tertiary/aromatic N) is 2. The van der Waals surface area contributed by atoms with Gasteiger partial charge in [0.2, 0.25) is 0 Å². The van der Waals surface area contributed by atoms with Gasteiger partial charge in [0, 0.05) is 56.5 Å². The van der Waals surface area contributed by atoms with Gasteiger partial charge in [0.25, 0.3) is 0 Å². The SMILES string of the molecule is CCNC(=O)NCc1cccc(-c2cccc([C@H]3O[C@@H](CN(C)CCc4ccccn4)C[C@@H](c4ccc(CO)cc4)O3)c2)c1. The largest absolute Gasteiger partial charge is 0.392 e. The second-order valence-electron chi connectivity index (χ2n) is 11.2. The van der Waals surface area contributed by atoms with Crippen LogP contribution < -0.4 is 10.6 Å². The van der Waals surface area contributed by atoms with Crippen molar-refractivity contribution in [2.24, 2.45) is 0 Å². The highest BCUT2D eigenvalue weighted by molar-refractivity contribution is 5.74. The van der Waals surface area contributed by atoms with Crippen LogP contribution in [0, 0.1) is 0 Å². The minimum Gasteiger partial charge on any atom is -0.392 e. The molecular weight excluding hydrogens is 552 g/mol. The van der Waals surface area contributed by atoms with Gasteiger partial charge in [0.05, 0.1) is 18.8 Å². The number of hydrogen-bond donors (Lipinski definition) is 3. The zero-order valence-electron chi connectivity index (χ0n) is 25.5. The van der Waals surface area contributed by atoms with Crippen LogP contribution in [0.1, 0.15) is 53.7 Å². The number of rotatable bonds is 12. The van der Waals surface area contributed by atoms with Gasteiger partial charge in [-0.25, -0.2) is 4.79 Å². The number of aliphatic hydroxyl groups excluding tert-OH is 1. The summed E-state index contributed by atoms with van der Waals surface area (Å²) in [6, 6.07) is 30.3. The number of benzene rings is 3. The second kappa shape index (κ2) is 15.6. The van der Waals surface area contributed by atoms with Gasteiger partial charge in [-0.05, 0) is 66.1 Å². The predicted octanol–water partition coefficient (Wildman–Crippen LogP) is 5.78. The third kappa shape index (κ3) is 8.74. The molecule has 2 heterocycles. The molecule has 4 aromatic rings. The fourth-order valence-electron chi connectivity index (χ4n) is 5.45. The lowest BCUT2D eigenvalue weighted by Crippen LogP contribution is -2.38. The summed E-state index contributed by atoms with van der Waals surface area (Å²) in [5, 5.41) is 15.2. The summed E-state index contributed by atoms with van der Waals surface area (Å²) in [5.74, 6) is 0. The summed E-state index contributed by atoms with van der Waals surface area (Å²) in [7, 11) is 2.12. The van der Waals surface area contributed by atoms with Crippen molar-refractivity contribution in [1.29, 1.82) is 0 Å². The summed E-state index contributed by atoms with van der Waals surface area (Å²) < 4.78 is 13.2. The molecule has 1 aliphatic heterocycles. The lowest BCUT2D eigenvalue weighted by Gasteiger charge is -2.38. The van der Waals surface area contributed by atoms with E-state index in [1.807, 2.05) is 73.8 Å². The number of urea groups is 1. The summed E-state index contributed by atoms with van der Waals surface area (Å²) >= 11 is 0. The van der Waals surface area contributed by atoms with Gasteiger partial charge in [-0.3, -0.25) is 4.98 Å². The predicted molar refractivity (Wildman–Crippen MR) is 172 cm³/mol. The molecule has 1 aliphatic rings. The van der Waals surface area contributed by atoms with Gasteiger partial charge in [-0.1, -0.05) is 66.7 Å². The number of amides is 2. The van der Waals surface area contributed by atoms with Crippen LogP contribution in [-0.4, -0.2) is 53.8 Å². The fraction of sp³-hybridized carbons (Fsp3) is 0.333. The van der Waals surface area contributed by atoms with Gasteiger partial charge in [0.15, 0.2) is 6.29 Å². The molecule has 0 radical (unpaired) electrons. The lowest BCUT2D eigenvalue weighted by atomic mass is 9.98. The Bertz CT molecular complexity index is 1480. The van der Waals surface area contributed by atoms with Crippen molar-refractivity contribution in [3.05, 3.63) is 125 Å². The van der Waals surface area contributed by atoms with E-state index in [9.17, 15) is 9.90 Å². The van der Waals surface area contributed by atoms with E-state index < -0.39 is 6.29 Å². The Morgan fingerprint density at radius 3 is 2.45 bits per heavy atom. The van der Waals surface area contributed by atoms with Crippen LogP contribution in [0.4, 0.5) is 4.79 Å². The molecule has 0 spiro atoms. The van der Waals surface area contributed by atoms with Crippen molar-refractivity contribution in [1.82, 2.24) is 20.5 Å². The van der Waals surface area contributed by atoms with Crippen molar-refractivity contribution >= 4 is 6.03 Å². The van der Waals surface area contributed by atoms with E-state index in [4.69, 9.17) is 9.47 Å². The number of aliphatic hydroxyl groups is 1. The van der Waals surface area contributed by atoms with E-state index in [-0.39, 0.29) is 24.8 Å². The van der Waals surface area contributed by atoms with Gasteiger partial charge < -0.3 is 30.1 Å². The van der Waals surface area contributed by atoms with Crippen LogP contribution in [0.3, 0.4) is 0 Å². The Morgan fingerprint density at radius 2 is 1.70 bits per heavy atom. The third-order valence-corrected chi connectivity index (χ3v) is 7.82. The molecular formula is C36H42N4O4. The summed E-state index contributed by atoms with van der Waals surface area (Å²) in [6.07, 6.45) is 2.70. The smallest absolute Gasteiger partial charge is 0.315 e. The highest BCUT2D eigenvalue weighted by Gasteiger charge is 2.33. The highest BCUT2D eigenvalue weighted by atomic mass is 16.7. The summed E-state index contributed by atoms with van der Waals surface area (Å²) in [5.41, 5.74) is 7.09. The normalized spacial score (nSPS) is 18.2. The maximum atomic E-state index is 11.9. The lowest BCUT2D eigenvalue weighted by molar-refractivity contribution is -0.252. The number of carbonyl (C=O) groups is 1. The molecule has 0 unspecified atom stereocenters. The standard InChI is InChI=1S/C36H42N4O4/c1-3-37-36(42)39-23-27-8-6-9-29(20-27)30-10-7-11-31(21-30)35-43-33(24-40(2)19-17-32-12-4-5-18-38-32)22-34(44-35)28-15-13-26(25-41)14-16-28/h4-16,18,20-21,33-35,41H,3,17,19,22-25H2,1-2H3,(H2,37,39,42)/t33-,34+,35+/m1/s1. The molecule has 0 bridgehead atoms. The van der Waals surface area contributed by atoms with Crippen molar-refractivity contribution in [3.63, 3.8) is 0 Å². The number of hydrogen-bond acceptors (Lipinski definition) is 6. The molecule has 1 aromatic heterocycles. The Morgan fingerprint density at radius 1 is 0.909 bits per heavy atom. The van der Waals surface area contributed by atoms with Crippen LogP contribution in [-0.2, 0) is 29.0 Å². The Labute approximate surface area is 260 Å². The minimum atomic E-state index is -0.539. The first-order chi connectivity index (χ1) is 21.5. The molecule has 8 nitrogen and oxygen atoms in total. The molecule has 3 aromatic carbocycles. The number of pyridine rings is 1. The van der Waals surface area contributed by atoms with E-state index in [2.05, 4.69) is 57.9 Å². The van der Waals surface area contributed by atoms with E-state index in [0.717, 1.165) is 65.0 Å². The van der Waals surface area contributed by atoms with Crippen molar-refractivity contribution in [3.8, 4) is 11.1 Å². The summed E-state index contributed by atoms with van der Waals surface area (Å²) in [4.78, 5) is 18.6. The zero-order valence-corrected chi connectivity index (χ0v) is 25.5. The van der Waals surface area contributed by atoms with Gasteiger partial charge >= 0.3 is 6.03 Å². The molecule has 230 valence electrons. The van der Waals surface area contributed by atoms with E-state index in [1.54, 1.807) is 0 Å². The van der Waals surface area contributed by atoms with E-state index in [0.29, 0.717) is 13.1 Å². The van der Waals surface area contributed by atoms with Crippen LogP contribution in [0.15, 0.2) is 97.2 Å². The number of nitrogens with one attached hydrogen (secondary N) is 2. The number of carbonyl (C=O) groups excluding carboxylic acids is 1. The fourth-order valence-corrected chi connectivity index (χ4v) is 5.45. The van der Waals surface area contributed by atoms with Gasteiger partial charge in [-0.15, -0.1) is 0 Å². The van der Waals surface area contributed by atoms with Gasteiger partial charge in [0.1, 0.15) is 0 Å². The number of likely N-dealkylation sites (N-methyl/N-ethyl adjacent to an activating group) is 1. The second-order valence-corrected chi connectivity index (χ2v) is 11.2. The molecule has 8 heteroatoms. The maximum Gasteiger partial charge on any atom is 0.315 e. The monoisotopic (exact) mass is 594 g/mol. The molecule has 2 amide bonds. The highest BCUT2D eigenvalue weighted by Crippen LogP contribution is 2.39. The first kappa shape index (κ1) is 31.3. The van der Waals surface area contributed by atoms with Gasteiger partial charge in [-0.2, -0.15) is 0 Å². The number of aromatic nitrogens is 1. The minimum absolute atomic E-state index is 0.0111. The van der Waals surface area contributed by atoms with Crippen molar-refractivity contribution in [2.75, 3.05) is 26.7 Å². The van der Waals surface area contributed by atoms with E-state index in [1.165, 1.54) is 0 Å². The average molecular weight is 595 g/mol. The van der Waals surface area contributed by atoms with Crippen LogP contribution in [0.25, 0.3) is 11.1 Å². The molecule has 3 atom stereocenters. The Kier molecular flexibility index (Phi) is 11.1. The average Bonchev–Trinajstić information content (AvgIpc) is 3.07. The van der Waals surface area contributed by atoms with Crippen molar-refractivity contribution in [2.45, 2.75) is 51.4 Å². The molecule has 3 N–H and O–H groups in total. The molecule has 44 heavy (non-hydrogen) atoms. The first-order valence-corrected chi connectivity index (χ1v) is 15.3. The molecule has 0 saturated carbocycles. The summed E-state index contributed by atoms with van der Waals surface area (Å²) in [6.45, 7) is 4.57. The first-order valence-electron chi connectivity index (χ1n) is 15.3. The third-order valence-electron chi connectivity index (χ3n) is 7.82. The molecule has 1 fully saturated rings.